The fraction of sp³-hybridized carbons (Fsp3) is 0.860. The van der Waals surface area contributed by atoms with Gasteiger partial charge in [-0.1, -0.05) is 173 Å². The fourth-order valence-electron chi connectivity index (χ4n) is 6.08. The Balaban J connectivity index is 4.14. The van der Waals surface area contributed by atoms with E-state index < -0.39 is 26.5 Å². The summed E-state index contributed by atoms with van der Waals surface area (Å²) in [4.78, 5) is 34.8. The number of ether oxygens (including phenoxy) is 2. The van der Waals surface area contributed by atoms with E-state index in [1.807, 2.05) is 0 Å². The van der Waals surface area contributed by atoms with Crippen LogP contribution < -0.4 is 5.73 Å². The maximum atomic E-state index is 12.6. The van der Waals surface area contributed by atoms with Crippen molar-refractivity contribution >= 4 is 19.8 Å². The number of phosphoric acid groups is 1. The summed E-state index contributed by atoms with van der Waals surface area (Å²) in [7, 11) is -4.38. The predicted octanol–water partition coefficient (Wildman–Crippen LogP) is 12.4. The third-order valence-corrected chi connectivity index (χ3v) is 10.3. The molecule has 0 aromatic heterocycles. The minimum atomic E-state index is -4.38. The van der Waals surface area contributed by atoms with E-state index in [0.29, 0.717) is 6.42 Å². The van der Waals surface area contributed by atoms with Gasteiger partial charge in [0.15, 0.2) is 6.10 Å². The zero-order chi connectivity index (χ0) is 38.9. The lowest BCUT2D eigenvalue weighted by atomic mass is 10.0. The van der Waals surface area contributed by atoms with Crippen LogP contribution in [0, 0.1) is 0 Å². The molecule has 0 amide bonds. The lowest BCUT2D eigenvalue weighted by Gasteiger charge is -2.19. The summed E-state index contributed by atoms with van der Waals surface area (Å²) in [5, 5.41) is 0. The lowest BCUT2D eigenvalue weighted by Crippen LogP contribution is -2.29. The molecule has 0 aliphatic heterocycles. The Kier molecular flexibility index (Phi) is 39.0. The zero-order valence-corrected chi connectivity index (χ0v) is 35.2. The predicted molar refractivity (Wildman–Crippen MR) is 220 cm³/mol. The van der Waals surface area contributed by atoms with Gasteiger partial charge in [0.05, 0.1) is 13.2 Å². The molecule has 0 aliphatic carbocycles. The first-order valence-corrected chi connectivity index (χ1v) is 23.3. The van der Waals surface area contributed by atoms with Gasteiger partial charge in [-0.05, 0) is 44.9 Å². The Morgan fingerprint density at radius 3 is 1.47 bits per heavy atom. The normalized spacial score (nSPS) is 13.5. The van der Waals surface area contributed by atoms with E-state index in [4.69, 9.17) is 24.3 Å². The first-order chi connectivity index (χ1) is 25.8. The highest BCUT2D eigenvalue weighted by molar-refractivity contribution is 7.47. The van der Waals surface area contributed by atoms with Crippen LogP contribution in [0.4, 0.5) is 0 Å². The van der Waals surface area contributed by atoms with Gasteiger partial charge in [0, 0.05) is 19.4 Å². The smallest absolute Gasteiger partial charge is 0.462 e. The molecule has 0 bridgehead atoms. The monoisotopic (exact) mass is 772 g/mol. The van der Waals surface area contributed by atoms with Gasteiger partial charge in [0.25, 0.3) is 0 Å². The average Bonchev–Trinajstić information content (AvgIpc) is 3.14. The SMILES string of the molecule is CCCCC/C=C\C/C=C\CCCCCCCC(=O)O[C@H](COC(=O)CCCCCCCCCCCCCCCCCCC)COP(=O)(O)OCCN. The largest absolute Gasteiger partial charge is 0.472 e. The number of hydrogen-bond acceptors (Lipinski definition) is 8. The van der Waals surface area contributed by atoms with Gasteiger partial charge in [-0.2, -0.15) is 0 Å². The van der Waals surface area contributed by atoms with Crippen molar-refractivity contribution in [2.45, 2.75) is 213 Å². The van der Waals surface area contributed by atoms with E-state index in [-0.39, 0.29) is 38.6 Å². The van der Waals surface area contributed by atoms with Gasteiger partial charge in [-0.3, -0.25) is 18.6 Å². The molecular formula is C43H82NO8P. The van der Waals surface area contributed by atoms with Crippen molar-refractivity contribution in [3.8, 4) is 0 Å². The Hall–Kier alpha value is -1.51. The molecule has 2 atom stereocenters. The number of phosphoric ester groups is 1. The summed E-state index contributed by atoms with van der Waals surface area (Å²) in [6, 6.07) is 0. The van der Waals surface area contributed by atoms with Crippen molar-refractivity contribution < 1.29 is 37.6 Å². The molecule has 3 N–H and O–H groups in total. The quantitative estimate of drug-likeness (QED) is 0.0269. The number of carbonyl (C=O) groups excluding carboxylic acids is 2. The molecule has 53 heavy (non-hydrogen) atoms. The third kappa shape index (κ3) is 40.0. The Bertz CT molecular complexity index is 928. The van der Waals surface area contributed by atoms with Crippen LogP contribution in [-0.4, -0.2) is 49.3 Å². The molecular weight excluding hydrogens is 689 g/mol. The number of allylic oxidation sites excluding steroid dienone is 4. The topological polar surface area (TPSA) is 134 Å². The summed E-state index contributed by atoms with van der Waals surface area (Å²) in [5.41, 5.74) is 5.34. The maximum absolute atomic E-state index is 12.6. The van der Waals surface area contributed by atoms with E-state index in [0.717, 1.165) is 57.8 Å². The summed E-state index contributed by atoms with van der Waals surface area (Å²) in [6.45, 7) is 3.71. The number of carbonyl (C=O) groups is 2. The van der Waals surface area contributed by atoms with Crippen LogP contribution >= 0.6 is 7.82 Å². The van der Waals surface area contributed by atoms with Crippen LogP contribution in [0.2, 0.25) is 0 Å². The van der Waals surface area contributed by atoms with E-state index in [1.54, 1.807) is 0 Å². The van der Waals surface area contributed by atoms with E-state index in [9.17, 15) is 19.0 Å². The molecule has 0 rings (SSSR count). The van der Waals surface area contributed by atoms with E-state index >= 15 is 0 Å². The highest BCUT2D eigenvalue weighted by Crippen LogP contribution is 2.43. The van der Waals surface area contributed by atoms with Crippen LogP contribution in [-0.2, 0) is 32.7 Å². The molecule has 0 aliphatic rings. The van der Waals surface area contributed by atoms with Crippen LogP contribution in [0.25, 0.3) is 0 Å². The first-order valence-electron chi connectivity index (χ1n) is 21.8. The molecule has 0 aromatic rings. The average molecular weight is 772 g/mol. The summed E-state index contributed by atoms with van der Waals surface area (Å²) in [6.07, 6.45) is 42.0. The molecule has 0 saturated carbocycles. The lowest BCUT2D eigenvalue weighted by molar-refractivity contribution is -0.161. The van der Waals surface area contributed by atoms with Crippen molar-refractivity contribution in [1.82, 2.24) is 0 Å². The summed E-state index contributed by atoms with van der Waals surface area (Å²) < 4.78 is 32.8. The summed E-state index contributed by atoms with van der Waals surface area (Å²) in [5.74, 6) is -0.837. The van der Waals surface area contributed by atoms with Crippen molar-refractivity contribution in [2.75, 3.05) is 26.4 Å². The number of rotatable bonds is 41. The molecule has 9 nitrogen and oxygen atoms in total. The summed E-state index contributed by atoms with van der Waals surface area (Å²) >= 11 is 0. The Morgan fingerprint density at radius 1 is 0.566 bits per heavy atom. The minimum Gasteiger partial charge on any atom is -0.462 e. The van der Waals surface area contributed by atoms with Gasteiger partial charge in [-0.15, -0.1) is 0 Å². The molecule has 0 spiro atoms. The van der Waals surface area contributed by atoms with Gasteiger partial charge < -0.3 is 20.1 Å². The van der Waals surface area contributed by atoms with Crippen molar-refractivity contribution in [2.24, 2.45) is 5.73 Å². The molecule has 0 aromatic carbocycles. The maximum Gasteiger partial charge on any atom is 0.472 e. The number of hydrogen-bond donors (Lipinski definition) is 2. The zero-order valence-electron chi connectivity index (χ0n) is 34.3. The van der Waals surface area contributed by atoms with Gasteiger partial charge in [0.2, 0.25) is 0 Å². The van der Waals surface area contributed by atoms with Crippen LogP contribution in [0.5, 0.6) is 0 Å². The van der Waals surface area contributed by atoms with Crippen molar-refractivity contribution in [1.29, 1.82) is 0 Å². The second-order valence-electron chi connectivity index (χ2n) is 14.6. The van der Waals surface area contributed by atoms with Crippen molar-refractivity contribution in [3.63, 3.8) is 0 Å². The highest BCUT2D eigenvalue weighted by atomic mass is 31.2. The molecule has 0 heterocycles. The van der Waals surface area contributed by atoms with Crippen LogP contribution in [0.15, 0.2) is 24.3 Å². The molecule has 0 radical (unpaired) electrons. The van der Waals surface area contributed by atoms with E-state index in [1.165, 1.54) is 116 Å². The molecule has 0 saturated heterocycles. The highest BCUT2D eigenvalue weighted by Gasteiger charge is 2.26. The second kappa shape index (κ2) is 40.2. The van der Waals surface area contributed by atoms with Gasteiger partial charge in [-0.25, -0.2) is 4.57 Å². The molecule has 0 fully saturated rings. The second-order valence-corrected chi connectivity index (χ2v) is 16.0. The van der Waals surface area contributed by atoms with Crippen molar-refractivity contribution in [3.05, 3.63) is 24.3 Å². The first kappa shape index (κ1) is 51.5. The number of nitrogens with two attached hydrogens (primary N) is 1. The third-order valence-electron chi connectivity index (χ3n) is 9.34. The van der Waals surface area contributed by atoms with Crippen LogP contribution in [0.3, 0.4) is 0 Å². The Labute approximate surface area is 325 Å². The molecule has 1 unspecified atom stereocenters. The fourth-order valence-corrected chi connectivity index (χ4v) is 6.84. The molecule has 312 valence electrons. The minimum absolute atomic E-state index is 0.0525. The van der Waals surface area contributed by atoms with Gasteiger partial charge >= 0.3 is 19.8 Å². The molecule has 10 heteroatoms. The number of unbranched alkanes of at least 4 members (excludes halogenated alkanes) is 24. The standard InChI is InChI=1S/C43H82NO8P/c1-3-5-7-9-11-13-15-17-19-20-22-23-25-27-29-31-33-35-42(45)49-39-41(40-51-53(47,48)50-38-37-44)52-43(46)36-34-32-30-28-26-24-21-18-16-14-12-10-8-6-4-2/h12,14,18,21,41H,3-11,13,15-17,19-20,22-40,44H2,1-2H3,(H,47,48)/b14-12-,21-18-/t41-/m1/s1. The van der Waals surface area contributed by atoms with E-state index in [2.05, 4.69) is 38.2 Å². The Morgan fingerprint density at radius 2 is 0.981 bits per heavy atom. The van der Waals surface area contributed by atoms with Crippen LogP contribution in [0.1, 0.15) is 206 Å². The van der Waals surface area contributed by atoms with Gasteiger partial charge in [0.1, 0.15) is 6.61 Å². The number of esters is 2.